The van der Waals surface area contributed by atoms with E-state index in [9.17, 15) is 14.7 Å². The predicted octanol–water partition coefficient (Wildman–Crippen LogP) is 1.20. The van der Waals surface area contributed by atoms with Gasteiger partial charge in [-0.2, -0.15) is 0 Å². The standard InChI is InChI=1S/C12H11NO4/c14-10-6-2-1-4-8(10)11(15)13-7-3-5-9(13)12(16)17/h1-4,6-7,9,14H,5H2,(H,16,17)/t9-/m0/s1. The van der Waals surface area contributed by atoms with Crippen LogP contribution in [-0.2, 0) is 4.79 Å². The Labute approximate surface area is 97.6 Å². The van der Waals surface area contributed by atoms with Crippen molar-refractivity contribution < 1.29 is 19.8 Å². The van der Waals surface area contributed by atoms with Gasteiger partial charge in [-0.05, 0) is 18.6 Å². The first-order chi connectivity index (χ1) is 8.11. The molecular weight excluding hydrogens is 222 g/mol. The van der Waals surface area contributed by atoms with Crippen LogP contribution in [0.2, 0.25) is 0 Å². The van der Waals surface area contributed by atoms with Crippen LogP contribution in [0.25, 0.3) is 0 Å². The van der Waals surface area contributed by atoms with Gasteiger partial charge >= 0.3 is 5.97 Å². The molecule has 0 saturated carbocycles. The minimum atomic E-state index is -1.06. The van der Waals surface area contributed by atoms with Crippen LogP contribution in [0.4, 0.5) is 0 Å². The topological polar surface area (TPSA) is 77.8 Å². The lowest BCUT2D eigenvalue weighted by Crippen LogP contribution is -2.38. The van der Waals surface area contributed by atoms with Crippen molar-refractivity contribution in [2.24, 2.45) is 0 Å². The molecule has 1 aliphatic rings. The summed E-state index contributed by atoms with van der Waals surface area (Å²) in [6.45, 7) is 0. The number of amides is 1. The average molecular weight is 233 g/mol. The van der Waals surface area contributed by atoms with Crippen LogP contribution in [0.3, 0.4) is 0 Å². The van der Waals surface area contributed by atoms with Gasteiger partial charge in [0.1, 0.15) is 11.8 Å². The molecule has 1 aromatic carbocycles. The van der Waals surface area contributed by atoms with Gasteiger partial charge in [-0.15, -0.1) is 0 Å². The third-order valence-corrected chi connectivity index (χ3v) is 2.62. The number of hydrogen-bond donors (Lipinski definition) is 2. The van der Waals surface area contributed by atoms with Crippen LogP contribution >= 0.6 is 0 Å². The van der Waals surface area contributed by atoms with Crippen molar-refractivity contribution in [3.05, 3.63) is 42.1 Å². The Morgan fingerprint density at radius 1 is 1.29 bits per heavy atom. The van der Waals surface area contributed by atoms with Crippen LogP contribution in [0.5, 0.6) is 5.75 Å². The van der Waals surface area contributed by atoms with Gasteiger partial charge < -0.3 is 15.1 Å². The molecule has 88 valence electrons. The molecule has 1 atom stereocenters. The van der Waals surface area contributed by atoms with Crippen LogP contribution in [0, 0.1) is 0 Å². The summed E-state index contributed by atoms with van der Waals surface area (Å²) in [5, 5.41) is 18.5. The maximum atomic E-state index is 12.0. The number of rotatable bonds is 2. The van der Waals surface area contributed by atoms with E-state index in [-0.39, 0.29) is 17.7 Å². The Balaban J connectivity index is 2.29. The first kappa shape index (κ1) is 11.2. The zero-order valence-corrected chi connectivity index (χ0v) is 8.91. The quantitative estimate of drug-likeness (QED) is 0.804. The molecule has 1 amide bonds. The number of aliphatic carboxylic acids is 1. The van der Waals surface area contributed by atoms with Gasteiger partial charge in [0.15, 0.2) is 0 Å². The second-order valence-corrected chi connectivity index (χ2v) is 3.70. The number of phenols is 1. The highest BCUT2D eigenvalue weighted by atomic mass is 16.4. The molecule has 0 saturated heterocycles. The van der Waals surface area contributed by atoms with Gasteiger partial charge in [0.2, 0.25) is 0 Å². The molecule has 1 aromatic rings. The highest BCUT2D eigenvalue weighted by molar-refractivity contribution is 5.99. The third-order valence-electron chi connectivity index (χ3n) is 2.62. The van der Waals surface area contributed by atoms with Gasteiger partial charge in [-0.1, -0.05) is 18.2 Å². The highest BCUT2D eigenvalue weighted by Crippen LogP contribution is 2.23. The second kappa shape index (κ2) is 4.29. The zero-order chi connectivity index (χ0) is 12.4. The fourth-order valence-corrected chi connectivity index (χ4v) is 1.74. The summed E-state index contributed by atoms with van der Waals surface area (Å²) < 4.78 is 0. The second-order valence-electron chi connectivity index (χ2n) is 3.70. The maximum Gasteiger partial charge on any atom is 0.327 e. The van der Waals surface area contributed by atoms with Crippen molar-refractivity contribution in [2.75, 3.05) is 0 Å². The number of phenolic OH excluding ortho intramolecular Hbond substituents is 1. The molecule has 0 fully saturated rings. The number of hydrogen-bond acceptors (Lipinski definition) is 3. The van der Waals surface area contributed by atoms with E-state index >= 15 is 0 Å². The van der Waals surface area contributed by atoms with Crippen molar-refractivity contribution in [2.45, 2.75) is 12.5 Å². The summed E-state index contributed by atoms with van der Waals surface area (Å²) >= 11 is 0. The number of nitrogens with zero attached hydrogens (tertiary/aromatic N) is 1. The number of carboxylic acids is 1. The lowest BCUT2D eigenvalue weighted by molar-refractivity contribution is -0.141. The molecule has 5 nitrogen and oxygen atoms in total. The first-order valence-corrected chi connectivity index (χ1v) is 5.11. The Kier molecular flexibility index (Phi) is 2.82. The summed E-state index contributed by atoms with van der Waals surface area (Å²) in [7, 11) is 0. The van der Waals surface area contributed by atoms with E-state index in [1.165, 1.54) is 18.3 Å². The number of carbonyl (C=O) groups excluding carboxylic acids is 1. The molecule has 0 bridgehead atoms. The smallest absolute Gasteiger partial charge is 0.327 e. The monoisotopic (exact) mass is 233 g/mol. The van der Waals surface area contributed by atoms with Gasteiger partial charge in [0, 0.05) is 6.20 Å². The zero-order valence-electron chi connectivity index (χ0n) is 8.91. The lowest BCUT2D eigenvalue weighted by Gasteiger charge is -2.20. The summed E-state index contributed by atoms with van der Waals surface area (Å²) in [4.78, 5) is 24.1. The molecule has 0 radical (unpaired) electrons. The van der Waals surface area contributed by atoms with Crippen LogP contribution in [0.15, 0.2) is 36.5 Å². The Bertz CT molecular complexity index is 495. The predicted molar refractivity (Wildman–Crippen MR) is 59.5 cm³/mol. The molecule has 0 unspecified atom stereocenters. The number of carbonyl (C=O) groups is 2. The van der Waals surface area contributed by atoms with E-state index in [1.54, 1.807) is 18.2 Å². The first-order valence-electron chi connectivity index (χ1n) is 5.11. The largest absolute Gasteiger partial charge is 0.507 e. The molecule has 0 spiro atoms. The number of carboxylic acid groups (broad SMARTS) is 1. The molecule has 2 rings (SSSR count). The third kappa shape index (κ3) is 1.99. The van der Waals surface area contributed by atoms with Crippen molar-refractivity contribution in [3.63, 3.8) is 0 Å². The molecule has 17 heavy (non-hydrogen) atoms. The van der Waals surface area contributed by atoms with Crippen molar-refractivity contribution >= 4 is 11.9 Å². The molecular formula is C12H11NO4. The van der Waals surface area contributed by atoms with E-state index in [0.717, 1.165) is 4.90 Å². The minimum absolute atomic E-state index is 0.102. The summed E-state index contributed by atoms with van der Waals surface area (Å²) in [6.07, 6.45) is 3.35. The van der Waals surface area contributed by atoms with Gasteiger partial charge in [0.05, 0.1) is 5.56 Å². The fraction of sp³-hybridized carbons (Fsp3) is 0.167. The van der Waals surface area contributed by atoms with E-state index in [0.29, 0.717) is 0 Å². The average Bonchev–Trinajstić information content (AvgIpc) is 2.77. The van der Waals surface area contributed by atoms with E-state index in [1.807, 2.05) is 0 Å². The van der Waals surface area contributed by atoms with Crippen molar-refractivity contribution in [3.8, 4) is 5.75 Å². The summed E-state index contributed by atoms with van der Waals surface area (Å²) in [5.41, 5.74) is 0.102. The number of aromatic hydroxyl groups is 1. The van der Waals surface area contributed by atoms with Crippen LogP contribution in [0.1, 0.15) is 16.8 Å². The highest BCUT2D eigenvalue weighted by Gasteiger charge is 2.32. The number of benzene rings is 1. The SMILES string of the molecule is O=C(O)[C@@H]1CC=CN1C(=O)c1ccccc1O. The fourth-order valence-electron chi connectivity index (χ4n) is 1.74. The maximum absolute atomic E-state index is 12.0. The number of para-hydroxylation sites is 1. The van der Waals surface area contributed by atoms with Gasteiger partial charge in [-0.25, -0.2) is 4.79 Å². The van der Waals surface area contributed by atoms with E-state index in [2.05, 4.69) is 0 Å². The Hall–Kier alpha value is -2.30. The molecule has 0 aromatic heterocycles. The Morgan fingerprint density at radius 3 is 2.65 bits per heavy atom. The molecule has 2 N–H and O–H groups in total. The summed E-state index contributed by atoms with van der Waals surface area (Å²) in [5.74, 6) is -1.72. The van der Waals surface area contributed by atoms with E-state index in [4.69, 9.17) is 5.11 Å². The molecule has 1 aliphatic heterocycles. The van der Waals surface area contributed by atoms with Gasteiger partial charge in [-0.3, -0.25) is 4.79 Å². The van der Waals surface area contributed by atoms with Crippen LogP contribution in [-0.4, -0.2) is 33.0 Å². The summed E-state index contributed by atoms with van der Waals surface area (Å²) in [6, 6.07) is 5.18. The van der Waals surface area contributed by atoms with Crippen LogP contribution < -0.4 is 0 Å². The van der Waals surface area contributed by atoms with Crippen molar-refractivity contribution in [1.29, 1.82) is 0 Å². The van der Waals surface area contributed by atoms with E-state index < -0.39 is 17.9 Å². The minimum Gasteiger partial charge on any atom is -0.507 e. The molecule has 1 heterocycles. The van der Waals surface area contributed by atoms with Crippen molar-refractivity contribution in [1.82, 2.24) is 4.90 Å². The lowest BCUT2D eigenvalue weighted by atomic mass is 10.1. The Morgan fingerprint density at radius 2 is 2.00 bits per heavy atom. The molecule has 5 heteroatoms. The molecule has 0 aliphatic carbocycles. The van der Waals surface area contributed by atoms with Gasteiger partial charge in [0.25, 0.3) is 5.91 Å². The normalized spacial score (nSPS) is 18.4.